The van der Waals surface area contributed by atoms with Gasteiger partial charge in [-0.25, -0.2) is 0 Å². The molecule has 8 heavy (non-hydrogen) atoms. The number of hydrogen-bond acceptors (Lipinski definition) is 1. The molecule has 0 aromatic carbocycles. The third-order valence-corrected chi connectivity index (χ3v) is 1.79. The zero-order valence-corrected chi connectivity index (χ0v) is 5.61. The zero-order valence-electron chi connectivity index (χ0n) is 5.61. The molecule has 0 bridgehead atoms. The van der Waals surface area contributed by atoms with Crippen molar-refractivity contribution in [3.05, 3.63) is 0 Å². The van der Waals surface area contributed by atoms with E-state index in [0.29, 0.717) is 0 Å². The van der Waals surface area contributed by atoms with Gasteiger partial charge in [0.05, 0.1) is 0 Å². The number of nitrogens with one attached hydrogen (secondary N) is 1. The average molecular weight is 113 g/mol. The predicted octanol–water partition coefficient (Wildman–Crippen LogP) is 1.40. The van der Waals surface area contributed by atoms with Crippen LogP contribution < -0.4 is 5.32 Å². The second-order valence-corrected chi connectivity index (χ2v) is 2.81. The average Bonchev–Trinajstić information content (AvgIpc) is 1.94. The van der Waals surface area contributed by atoms with Crippen LogP contribution in [-0.4, -0.2) is 13.1 Å². The fourth-order valence-corrected chi connectivity index (χ4v) is 1.19. The largest absolute Gasteiger partial charge is 0.316 e. The molecule has 1 aliphatic heterocycles. The molecule has 0 aromatic rings. The van der Waals surface area contributed by atoms with Crippen LogP contribution in [0.4, 0.5) is 0 Å². The summed E-state index contributed by atoms with van der Waals surface area (Å²) in [5.74, 6) is 0.914. The van der Waals surface area contributed by atoms with Gasteiger partial charge in [-0.15, -0.1) is 0 Å². The van der Waals surface area contributed by atoms with Crippen LogP contribution in [0.1, 0.15) is 26.2 Å². The minimum Gasteiger partial charge on any atom is -0.316 e. The fraction of sp³-hybridized carbons (Fsp3) is 1.00. The molecule has 1 heterocycles. The van der Waals surface area contributed by atoms with E-state index in [2.05, 4.69) is 12.2 Å². The molecule has 1 N–H and O–H groups in total. The number of rotatable bonds is 0. The van der Waals surface area contributed by atoms with Crippen molar-refractivity contribution in [2.75, 3.05) is 13.1 Å². The van der Waals surface area contributed by atoms with Gasteiger partial charge in [0.15, 0.2) is 0 Å². The summed E-state index contributed by atoms with van der Waals surface area (Å²) in [5.41, 5.74) is 0. The second-order valence-electron chi connectivity index (χ2n) is 2.81. The molecule has 1 nitrogen and oxygen atoms in total. The first kappa shape index (κ1) is 6.09. The Morgan fingerprint density at radius 3 is 3.12 bits per heavy atom. The topological polar surface area (TPSA) is 12.0 Å². The highest BCUT2D eigenvalue weighted by Crippen LogP contribution is 2.08. The quantitative estimate of drug-likeness (QED) is 0.500. The van der Waals surface area contributed by atoms with Crippen LogP contribution in [0.15, 0.2) is 0 Å². The first-order chi connectivity index (χ1) is 3.89. The van der Waals surface area contributed by atoms with Crippen molar-refractivity contribution < 1.29 is 0 Å². The molecular weight excluding hydrogens is 98.1 g/mol. The smallest absolute Gasteiger partial charge is 0.00232 e. The molecule has 1 saturated heterocycles. The van der Waals surface area contributed by atoms with Crippen molar-refractivity contribution in [1.29, 1.82) is 0 Å². The van der Waals surface area contributed by atoms with E-state index in [-0.39, 0.29) is 0 Å². The van der Waals surface area contributed by atoms with Gasteiger partial charge in [-0.2, -0.15) is 0 Å². The Kier molecular flexibility index (Phi) is 2.34. The van der Waals surface area contributed by atoms with Gasteiger partial charge in [-0.3, -0.25) is 0 Å². The van der Waals surface area contributed by atoms with Crippen molar-refractivity contribution in [3.63, 3.8) is 0 Å². The molecule has 1 rings (SSSR count). The molecule has 0 amide bonds. The highest BCUT2D eigenvalue weighted by atomic mass is 14.9. The molecule has 0 radical (unpaired) electrons. The van der Waals surface area contributed by atoms with E-state index in [0.717, 1.165) is 5.92 Å². The monoisotopic (exact) mass is 113 g/mol. The van der Waals surface area contributed by atoms with Crippen molar-refractivity contribution >= 4 is 0 Å². The summed E-state index contributed by atoms with van der Waals surface area (Å²) in [6, 6.07) is 0. The molecule has 1 heteroatoms. The van der Waals surface area contributed by atoms with Crippen molar-refractivity contribution in [2.45, 2.75) is 26.2 Å². The summed E-state index contributed by atoms with van der Waals surface area (Å²) < 4.78 is 0. The van der Waals surface area contributed by atoms with E-state index < -0.39 is 0 Å². The van der Waals surface area contributed by atoms with E-state index in [1.807, 2.05) is 0 Å². The standard InChI is InChI=1S/C7H15N/c1-7-4-2-3-5-8-6-7/h7-8H,2-6H2,1H3. The zero-order chi connectivity index (χ0) is 5.82. The molecular formula is C7H15N. The maximum Gasteiger partial charge on any atom is -0.00232 e. The Hall–Kier alpha value is -0.0400. The lowest BCUT2D eigenvalue weighted by atomic mass is 10.1. The molecule has 0 saturated carbocycles. The maximum atomic E-state index is 3.40. The maximum absolute atomic E-state index is 3.40. The van der Waals surface area contributed by atoms with Crippen LogP contribution in [0, 0.1) is 5.92 Å². The van der Waals surface area contributed by atoms with Crippen molar-refractivity contribution in [1.82, 2.24) is 5.32 Å². The van der Waals surface area contributed by atoms with Gasteiger partial charge < -0.3 is 5.32 Å². The van der Waals surface area contributed by atoms with Gasteiger partial charge in [-0.05, 0) is 31.8 Å². The first-order valence-corrected chi connectivity index (χ1v) is 3.60. The molecule has 1 unspecified atom stereocenters. The Labute approximate surface area is 51.5 Å². The van der Waals surface area contributed by atoms with Crippen LogP contribution in [0.5, 0.6) is 0 Å². The lowest BCUT2D eigenvalue weighted by Crippen LogP contribution is -2.18. The normalized spacial score (nSPS) is 31.9. The van der Waals surface area contributed by atoms with Gasteiger partial charge in [0.25, 0.3) is 0 Å². The predicted molar refractivity (Wildman–Crippen MR) is 35.9 cm³/mol. The molecule has 0 aliphatic carbocycles. The minimum atomic E-state index is 0.914. The lowest BCUT2D eigenvalue weighted by molar-refractivity contribution is 0.525. The minimum absolute atomic E-state index is 0.914. The number of hydrogen-bond donors (Lipinski definition) is 1. The van der Waals surface area contributed by atoms with Crippen LogP contribution in [0.2, 0.25) is 0 Å². The summed E-state index contributed by atoms with van der Waals surface area (Å²) in [6.07, 6.45) is 4.23. The fourth-order valence-electron chi connectivity index (χ4n) is 1.19. The van der Waals surface area contributed by atoms with Crippen LogP contribution in [-0.2, 0) is 0 Å². The third-order valence-electron chi connectivity index (χ3n) is 1.79. The summed E-state index contributed by atoms with van der Waals surface area (Å²) in [5, 5.41) is 3.40. The third kappa shape index (κ3) is 1.83. The Balaban J connectivity index is 2.17. The summed E-state index contributed by atoms with van der Waals surface area (Å²) in [7, 11) is 0. The molecule has 1 fully saturated rings. The van der Waals surface area contributed by atoms with Gasteiger partial charge in [0, 0.05) is 0 Å². The van der Waals surface area contributed by atoms with E-state index in [1.165, 1.54) is 32.4 Å². The van der Waals surface area contributed by atoms with E-state index >= 15 is 0 Å². The summed E-state index contributed by atoms with van der Waals surface area (Å²) >= 11 is 0. The van der Waals surface area contributed by atoms with Crippen molar-refractivity contribution in [3.8, 4) is 0 Å². The molecule has 0 spiro atoms. The molecule has 48 valence electrons. The van der Waals surface area contributed by atoms with Crippen LogP contribution >= 0.6 is 0 Å². The Morgan fingerprint density at radius 2 is 2.25 bits per heavy atom. The lowest BCUT2D eigenvalue weighted by Gasteiger charge is -2.03. The SMILES string of the molecule is CC1CCCCNC1. The highest BCUT2D eigenvalue weighted by Gasteiger charge is 2.04. The summed E-state index contributed by atoms with van der Waals surface area (Å²) in [6.45, 7) is 4.79. The van der Waals surface area contributed by atoms with E-state index in [4.69, 9.17) is 0 Å². The molecule has 1 aliphatic rings. The first-order valence-electron chi connectivity index (χ1n) is 3.60. The van der Waals surface area contributed by atoms with Crippen LogP contribution in [0.3, 0.4) is 0 Å². The van der Waals surface area contributed by atoms with Crippen LogP contribution in [0.25, 0.3) is 0 Å². The van der Waals surface area contributed by atoms with Crippen molar-refractivity contribution in [2.24, 2.45) is 5.92 Å². The van der Waals surface area contributed by atoms with Gasteiger partial charge >= 0.3 is 0 Å². The van der Waals surface area contributed by atoms with E-state index in [1.54, 1.807) is 0 Å². The van der Waals surface area contributed by atoms with Gasteiger partial charge in [-0.1, -0.05) is 13.3 Å². The highest BCUT2D eigenvalue weighted by molar-refractivity contribution is 4.62. The molecule has 1 atom stereocenters. The van der Waals surface area contributed by atoms with Gasteiger partial charge in [0.2, 0.25) is 0 Å². The Morgan fingerprint density at radius 1 is 1.38 bits per heavy atom. The second kappa shape index (κ2) is 3.08. The summed E-state index contributed by atoms with van der Waals surface area (Å²) in [4.78, 5) is 0. The van der Waals surface area contributed by atoms with E-state index in [9.17, 15) is 0 Å². The van der Waals surface area contributed by atoms with Gasteiger partial charge in [0.1, 0.15) is 0 Å². The molecule has 0 aromatic heterocycles. The Bertz CT molecular complexity index is 53.4.